The smallest absolute Gasteiger partial charge is 0.248 e. The molecule has 39 heavy (non-hydrogen) atoms. The van der Waals surface area contributed by atoms with Gasteiger partial charge < -0.3 is 19.3 Å². The molecule has 1 amide bonds. The number of nitrogens with zero attached hydrogens (tertiary/aromatic N) is 4. The molecule has 0 unspecified atom stereocenters. The number of ether oxygens (including phenoxy) is 2. The Kier molecular flexibility index (Phi) is 10.7. The first-order chi connectivity index (χ1) is 18.7. The van der Waals surface area contributed by atoms with Gasteiger partial charge in [-0.3, -0.25) is 9.69 Å². The standard InChI is InChI=1S/C29H48N4O5S/c1-5-24-19-27(37-4)20-25-7-6-12-33(39(35,36)29(24)25)17-18-38-22-28(34)31(3)21-23-8-10-26(11-9-23)32-15-13-30(2)14-16-32/h19-20,23,26H,5-18,21-22H2,1-4H3. The lowest BCUT2D eigenvalue weighted by atomic mass is 9.84. The summed E-state index contributed by atoms with van der Waals surface area (Å²) in [6.45, 7) is 8.23. The van der Waals surface area contributed by atoms with Crippen molar-refractivity contribution < 1.29 is 22.7 Å². The van der Waals surface area contributed by atoms with Crippen LogP contribution in [0, 0.1) is 5.92 Å². The van der Waals surface area contributed by atoms with Gasteiger partial charge in [-0.05, 0) is 81.2 Å². The summed E-state index contributed by atoms with van der Waals surface area (Å²) < 4.78 is 39.7. The summed E-state index contributed by atoms with van der Waals surface area (Å²) in [5, 5.41) is 0. The molecule has 220 valence electrons. The molecule has 0 spiro atoms. The van der Waals surface area contributed by atoms with Gasteiger partial charge in [-0.1, -0.05) is 6.92 Å². The van der Waals surface area contributed by atoms with E-state index in [4.69, 9.17) is 9.47 Å². The fraction of sp³-hybridized carbons (Fsp3) is 0.759. The second kappa shape index (κ2) is 13.8. The van der Waals surface area contributed by atoms with E-state index >= 15 is 0 Å². The fourth-order valence-corrected chi connectivity index (χ4v) is 8.32. The molecule has 2 aliphatic heterocycles. The fourth-order valence-electron chi connectivity index (χ4n) is 6.35. The third-order valence-corrected chi connectivity index (χ3v) is 10.9. The van der Waals surface area contributed by atoms with E-state index in [0.717, 1.165) is 50.0 Å². The van der Waals surface area contributed by atoms with E-state index < -0.39 is 10.0 Å². The van der Waals surface area contributed by atoms with E-state index in [0.29, 0.717) is 42.0 Å². The number of amides is 1. The Bertz CT molecular complexity index is 1070. The Morgan fingerprint density at radius 3 is 2.46 bits per heavy atom. The lowest BCUT2D eigenvalue weighted by Crippen LogP contribution is -2.50. The van der Waals surface area contributed by atoms with Crippen molar-refractivity contribution in [1.29, 1.82) is 0 Å². The van der Waals surface area contributed by atoms with Gasteiger partial charge in [0.25, 0.3) is 0 Å². The minimum atomic E-state index is -3.64. The molecule has 10 heteroatoms. The van der Waals surface area contributed by atoms with Crippen LogP contribution in [0.4, 0.5) is 0 Å². The molecular weight excluding hydrogens is 516 g/mol. The zero-order valence-corrected chi connectivity index (χ0v) is 25.2. The highest BCUT2D eigenvalue weighted by molar-refractivity contribution is 7.89. The highest BCUT2D eigenvalue weighted by Crippen LogP contribution is 2.33. The number of hydrogen-bond acceptors (Lipinski definition) is 7. The number of sulfonamides is 1. The van der Waals surface area contributed by atoms with Crippen LogP contribution in [0.1, 0.15) is 50.2 Å². The Labute approximate surface area is 235 Å². The summed E-state index contributed by atoms with van der Waals surface area (Å²) in [5.41, 5.74) is 1.61. The molecule has 1 saturated heterocycles. The summed E-state index contributed by atoms with van der Waals surface area (Å²) >= 11 is 0. The second-order valence-electron chi connectivity index (χ2n) is 11.5. The summed E-state index contributed by atoms with van der Waals surface area (Å²) in [4.78, 5) is 20.0. The van der Waals surface area contributed by atoms with Crippen molar-refractivity contribution in [3.05, 3.63) is 23.3 Å². The van der Waals surface area contributed by atoms with Crippen LogP contribution in [-0.2, 0) is 32.4 Å². The molecule has 1 aliphatic carbocycles. The van der Waals surface area contributed by atoms with Gasteiger partial charge in [-0.2, -0.15) is 4.31 Å². The topological polar surface area (TPSA) is 82.6 Å². The van der Waals surface area contributed by atoms with Crippen molar-refractivity contribution in [2.24, 2.45) is 5.92 Å². The molecule has 0 atom stereocenters. The van der Waals surface area contributed by atoms with Gasteiger partial charge in [-0.15, -0.1) is 0 Å². The summed E-state index contributed by atoms with van der Waals surface area (Å²) in [6, 6.07) is 4.36. The van der Waals surface area contributed by atoms with E-state index in [1.807, 2.05) is 26.1 Å². The van der Waals surface area contributed by atoms with E-state index in [9.17, 15) is 13.2 Å². The van der Waals surface area contributed by atoms with E-state index in [1.54, 1.807) is 12.0 Å². The maximum atomic E-state index is 13.5. The maximum Gasteiger partial charge on any atom is 0.248 e. The Hall–Kier alpha value is -1.72. The van der Waals surface area contributed by atoms with Crippen molar-refractivity contribution in [3.63, 3.8) is 0 Å². The molecule has 2 fully saturated rings. The number of piperazine rings is 1. The molecule has 1 aromatic carbocycles. The predicted molar refractivity (Wildman–Crippen MR) is 153 cm³/mol. The molecule has 0 bridgehead atoms. The van der Waals surface area contributed by atoms with Crippen LogP contribution in [-0.4, -0.2) is 120 Å². The highest BCUT2D eigenvalue weighted by Gasteiger charge is 2.32. The molecule has 2 heterocycles. The van der Waals surface area contributed by atoms with Crippen LogP contribution >= 0.6 is 0 Å². The molecule has 1 aromatic rings. The summed E-state index contributed by atoms with van der Waals surface area (Å²) in [7, 11) is 2.01. The van der Waals surface area contributed by atoms with Crippen LogP contribution in [0.5, 0.6) is 5.75 Å². The number of aryl methyl sites for hydroxylation is 2. The molecule has 9 nitrogen and oxygen atoms in total. The van der Waals surface area contributed by atoms with Gasteiger partial charge in [0.1, 0.15) is 12.4 Å². The first-order valence-corrected chi connectivity index (χ1v) is 16.1. The number of fused-ring (bicyclic) bond motifs is 1. The third-order valence-electron chi connectivity index (χ3n) is 8.82. The van der Waals surface area contributed by atoms with Crippen molar-refractivity contribution >= 4 is 15.9 Å². The van der Waals surface area contributed by atoms with Crippen LogP contribution in [0.3, 0.4) is 0 Å². The Morgan fingerprint density at radius 1 is 1.08 bits per heavy atom. The third kappa shape index (κ3) is 7.52. The van der Waals surface area contributed by atoms with E-state index in [1.165, 1.54) is 30.2 Å². The number of likely N-dealkylation sites (N-methyl/N-ethyl adjacent to an activating group) is 2. The quantitative estimate of drug-likeness (QED) is 0.404. The first-order valence-electron chi connectivity index (χ1n) is 14.7. The number of methoxy groups -OCH3 is 1. The zero-order chi connectivity index (χ0) is 28.0. The monoisotopic (exact) mass is 564 g/mol. The number of carbonyl (C=O) groups excluding carboxylic acids is 1. The first kappa shape index (κ1) is 30.2. The van der Waals surface area contributed by atoms with Crippen LogP contribution < -0.4 is 4.74 Å². The normalized spacial score (nSPS) is 24.6. The molecule has 1 saturated carbocycles. The van der Waals surface area contributed by atoms with E-state index in [2.05, 4.69) is 16.8 Å². The lowest BCUT2D eigenvalue weighted by molar-refractivity contribution is -0.135. The van der Waals surface area contributed by atoms with Gasteiger partial charge in [-0.25, -0.2) is 8.42 Å². The minimum Gasteiger partial charge on any atom is -0.497 e. The Balaban J connectivity index is 1.21. The van der Waals surface area contributed by atoms with Crippen LogP contribution in [0.2, 0.25) is 0 Å². The van der Waals surface area contributed by atoms with Crippen molar-refractivity contribution in [3.8, 4) is 5.75 Å². The van der Waals surface area contributed by atoms with Gasteiger partial charge in [0.05, 0.1) is 18.6 Å². The van der Waals surface area contributed by atoms with Crippen molar-refractivity contribution in [1.82, 2.24) is 19.0 Å². The molecule has 0 N–H and O–H groups in total. The molecule has 4 rings (SSSR count). The largest absolute Gasteiger partial charge is 0.497 e. The summed E-state index contributed by atoms with van der Waals surface area (Å²) in [6.07, 6.45) is 6.80. The SMILES string of the molecule is CCc1cc(OC)cc2c1S(=O)(=O)N(CCOCC(=O)N(C)CC1CCC(N3CCN(C)CC3)CC1)CCC2. The van der Waals surface area contributed by atoms with Crippen LogP contribution in [0.15, 0.2) is 17.0 Å². The van der Waals surface area contributed by atoms with Crippen LogP contribution in [0.25, 0.3) is 0 Å². The number of rotatable bonds is 10. The van der Waals surface area contributed by atoms with E-state index in [-0.39, 0.29) is 25.7 Å². The molecule has 0 aromatic heterocycles. The molecule has 0 radical (unpaired) electrons. The van der Waals surface area contributed by atoms with Crippen molar-refractivity contribution in [2.45, 2.75) is 62.8 Å². The van der Waals surface area contributed by atoms with Gasteiger partial charge in [0, 0.05) is 58.9 Å². The maximum absolute atomic E-state index is 13.5. The zero-order valence-electron chi connectivity index (χ0n) is 24.4. The average Bonchev–Trinajstić information content (AvgIpc) is 3.06. The van der Waals surface area contributed by atoms with Crippen molar-refractivity contribution in [2.75, 3.05) is 80.2 Å². The molecular formula is C29H48N4O5S. The van der Waals surface area contributed by atoms with Gasteiger partial charge in [0.2, 0.25) is 15.9 Å². The van der Waals surface area contributed by atoms with Gasteiger partial charge in [0.15, 0.2) is 0 Å². The Morgan fingerprint density at radius 2 is 1.79 bits per heavy atom. The highest BCUT2D eigenvalue weighted by atomic mass is 32.2. The minimum absolute atomic E-state index is 0.0188. The molecule has 3 aliphatic rings. The summed E-state index contributed by atoms with van der Waals surface area (Å²) in [5.74, 6) is 1.19. The number of carbonyl (C=O) groups is 1. The second-order valence-corrected chi connectivity index (χ2v) is 13.4. The van der Waals surface area contributed by atoms with Gasteiger partial charge >= 0.3 is 0 Å². The lowest BCUT2D eigenvalue weighted by Gasteiger charge is -2.41. The predicted octanol–water partition coefficient (Wildman–Crippen LogP) is 2.48. The number of hydrogen-bond donors (Lipinski definition) is 0. The number of benzene rings is 1. The average molecular weight is 565 g/mol.